The van der Waals surface area contributed by atoms with Crippen LogP contribution in [0.5, 0.6) is 0 Å². The molecule has 3 heteroatoms. The zero-order valence-electron chi connectivity index (χ0n) is 7.38. The van der Waals surface area contributed by atoms with Crippen LogP contribution in [0.15, 0.2) is 12.4 Å². The maximum absolute atomic E-state index is 3.96. The van der Waals surface area contributed by atoms with E-state index in [1.165, 1.54) is 18.4 Å². The van der Waals surface area contributed by atoms with Crippen LogP contribution >= 0.6 is 0 Å². The molecular formula is C9H15N3. The molecule has 2 heterocycles. The Kier molecular flexibility index (Phi) is 2.13. The molecule has 0 saturated carbocycles. The van der Waals surface area contributed by atoms with Crippen molar-refractivity contribution in [1.29, 1.82) is 0 Å². The second-order valence-corrected chi connectivity index (χ2v) is 3.62. The van der Waals surface area contributed by atoms with Gasteiger partial charge < -0.3 is 5.32 Å². The minimum atomic E-state index is 0.667. The second kappa shape index (κ2) is 3.27. The molecule has 66 valence electrons. The lowest BCUT2D eigenvalue weighted by Gasteiger charge is -2.26. The van der Waals surface area contributed by atoms with E-state index in [0.29, 0.717) is 12.0 Å². The van der Waals surface area contributed by atoms with Gasteiger partial charge in [-0.25, -0.2) is 0 Å². The molecule has 1 saturated heterocycles. The lowest BCUT2D eigenvalue weighted by Crippen LogP contribution is -2.35. The molecule has 2 rings (SSSR count). The number of nitrogens with zero attached hydrogens (tertiary/aromatic N) is 1. The van der Waals surface area contributed by atoms with E-state index in [1.807, 2.05) is 12.4 Å². The quantitative estimate of drug-likeness (QED) is 0.658. The third-order valence-corrected chi connectivity index (χ3v) is 2.65. The van der Waals surface area contributed by atoms with Gasteiger partial charge in [0.05, 0.1) is 6.20 Å². The highest BCUT2D eigenvalue weighted by atomic mass is 15.1. The van der Waals surface area contributed by atoms with E-state index < -0.39 is 0 Å². The summed E-state index contributed by atoms with van der Waals surface area (Å²) in [5.74, 6) is 0.667. The van der Waals surface area contributed by atoms with E-state index in [0.717, 1.165) is 6.54 Å². The molecule has 0 radical (unpaired) electrons. The first-order chi connectivity index (χ1) is 5.86. The molecule has 0 aromatic carbocycles. The standard InChI is InChI=1S/C9H15N3/c1-7-2-3-8(4-10-7)9-5-11-12-6-9/h5-8,10H,2-4H2,1H3,(H,11,12)/t7-,8-/m1/s1. The second-order valence-electron chi connectivity index (χ2n) is 3.62. The molecule has 2 atom stereocenters. The Bertz CT molecular complexity index is 222. The summed E-state index contributed by atoms with van der Waals surface area (Å²) in [7, 11) is 0. The summed E-state index contributed by atoms with van der Waals surface area (Å²) in [6.45, 7) is 3.34. The molecule has 1 aliphatic rings. The molecular weight excluding hydrogens is 150 g/mol. The number of H-pyrrole nitrogens is 1. The Morgan fingerprint density at radius 2 is 2.42 bits per heavy atom. The maximum atomic E-state index is 3.96. The van der Waals surface area contributed by atoms with Gasteiger partial charge in [0.15, 0.2) is 0 Å². The molecule has 2 N–H and O–H groups in total. The summed E-state index contributed by atoms with van der Waals surface area (Å²) in [5.41, 5.74) is 1.34. The molecule has 0 spiro atoms. The van der Waals surface area contributed by atoms with Gasteiger partial charge >= 0.3 is 0 Å². The summed E-state index contributed by atoms with van der Waals surface area (Å²) < 4.78 is 0. The van der Waals surface area contributed by atoms with Crippen LogP contribution in [-0.4, -0.2) is 22.8 Å². The first-order valence-electron chi connectivity index (χ1n) is 4.58. The van der Waals surface area contributed by atoms with Crippen LogP contribution in [0.2, 0.25) is 0 Å². The third-order valence-electron chi connectivity index (χ3n) is 2.65. The number of hydrogen-bond acceptors (Lipinski definition) is 2. The number of hydrogen-bond donors (Lipinski definition) is 2. The largest absolute Gasteiger partial charge is 0.314 e. The predicted octanol–water partition coefficient (Wildman–Crippen LogP) is 1.27. The van der Waals surface area contributed by atoms with E-state index in [1.54, 1.807) is 0 Å². The fraction of sp³-hybridized carbons (Fsp3) is 0.667. The summed E-state index contributed by atoms with van der Waals surface area (Å²) in [6, 6.07) is 0.688. The summed E-state index contributed by atoms with van der Waals surface area (Å²) in [5, 5.41) is 10.3. The summed E-state index contributed by atoms with van der Waals surface area (Å²) in [4.78, 5) is 0. The van der Waals surface area contributed by atoms with Crippen molar-refractivity contribution in [2.75, 3.05) is 6.54 Å². The lowest BCUT2D eigenvalue weighted by atomic mass is 9.91. The van der Waals surface area contributed by atoms with Gasteiger partial charge in [0, 0.05) is 18.8 Å². The molecule has 0 aliphatic carbocycles. The van der Waals surface area contributed by atoms with Gasteiger partial charge in [0.1, 0.15) is 0 Å². The summed E-state index contributed by atoms with van der Waals surface area (Å²) >= 11 is 0. The predicted molar refractivity (Wildman–Crippen MR) is 48.0 cm³/mol. The zero-order chi connectivity index (χ0) is 8.39. The van der Waals surface area contributed by atoms with Crippen molar-refractivity contribution in [2.24, 2.45) is 0 Å². The van der Waals surface area contributed by atoms with Crippen molar-refractivity contribution in [3.63, 3.8) is 0 Å². The molecule has 12 heavy (non-hydrogen) atoms. The zero-order valence-corrected chi connectivity index (χ0v) is 7.38. The average Bonchev–Trinajstić information content (AvgIpc) is 2.58. The Morgan fingerprint density at radius 3 is 3.00 bits per heavy atom. The number of aromatic nitrogens is 2. The van der Waals surface area contributed by atoms with Crippen molar-refractivity contribution in [1.82, 2.24) is 15.5 Å². The van der Waals surface area contributed by atoms with Crippen LogP contribution in [-0.2, 0) is 0 Å². The monoisotopic (exact) mass is 165 g/mol. The Labute approximate surface area is 72.6 Å². The van der Waals surface area contributed by atoms with Crippen LogP contribution < -0.4 is 5.32 Å². The van der Waals surface area contributed by atoms with Gasteiger partial charge in [-0.1, -0.05) is 0 Å². The van der Waals surface area contributed by atoms with Crippen LogP contribution in [0.3, 0.4) is 0 Å². The minimum absolute atomic E-state index is 0.667. The Morgan fingerprint density at radius 1 is 1.50 bits per heavy atom. The van der Waals surface area contributed by atoms with Crippen LogP contribution in [0.25, 0.3) is 0 Å². The van der Waals surface area contributed by atoms with Gasteiger partial charge in [0.25, 0.3) is 0 Å². The van der Waals surface area contributed by atoms with Crippen LogP contribution in [0.1, 0.15) is 31.2 Å². The number of aromatic amines is 1. The number of piperidine rings is 1. The molecule has 0 amide bonds. The molecule has 1 aliphatic heterocycles. The van der Waals surface area contributed by atoms with E-state index >= 15 is 0 Å². The highest BCUT2D eigenvalue weighted by Gasteiger charge is 2.19. The van der Waals surface area contributed by atoms with E-state index in [2.05, 4.69) is 22.4 Å². The van der Waals surface area contributed by atoms with Crippen molar-refractivity contribution in [2.45, 2.75) is 31.7 Å². The van der Waals surface area contributed by atoms with Gasteiger partial charge in [0.2, 0.25) is 0 Å². The van der Waals surface area contributed by atoms with Crippen molar-refractivity contribution < 1.29 is 0 Å². The van der Waals surface area contributed by atoms with E-state index in [-0.39, 0.29) is 0 Å². The number of nitrogens with one attached hydrogen (secondary N) is 2. The smallest absolute Gasteiger partial charge is 0.0522 e. The molecule has 1 fully saturated rings. The molecule has 0 unspecified atom stereocenters. The normalized spacial score (nSPS) is 30.4. The molecule has 1 aromatic heterocycles. The highest BCUT2D eigenvalue weighted by molar-refractivity contribution is 5.11. The lowest BCUT2D eigenvalue weighted by molar-refractivity contribution is 0.385. The van der Waals surface area contributed by atoms with Crippen molar-refractivity contribution in [3.8, 4) is 0 Å². The van der Waals surface area contributed by atoms with Crippen LogP contribution in [0, 0.1) is 0 Å². The van der Waals surface area contributed by atoms with E-state index in [9.17, 15) is 0 Å². The first kappa shape index (κ1) is 7.80. The number of rotatable bonds is 1. The maximum Gasteiger partial charge on any atom is 0.0522 e. The fourth-order valence-electron chi connectivity index (χ4n) is 1.77. The third kappa shape index (κ3) is 1.50. The Balaban J connectivity index is 1.99. The van der Waals surface area contributed by atoms with Gasteiger partial charge in [-0.15, -0.1) is 0 Å². The molecule has 0 bridgehead atoms. The topological polar surface area (TPSA) is 40.7 Å². The molecule has 3 nitrogen and oxygen atoms in total. The summed E-state index contributed by atoms with van der Waals surface area (Å²) in [6.07, 6.45) is 6.49. The average molecular weight is 165 g/mol. The van der Waals surface area contributed by atoms with Crippen molar-refractivity contribution in [3.05, 3.63) is 18.0 Å². The minimum Gasteiger partial charge on any atom is -0.314 e. The Hall–Kier alpha value is -0.830. The SMILES string of the molecule is C[C@@H]1CC[C@@H](c2cn[nH]c2)CN1. The van der Waals surface area contributed by atoms with Crippen LogP contribution in [0.4, 0.5) is 0 Å². The van der Waals surface area contributed by atoms with Crippen molar-refractivity contribution >= 4 is 0 Å². The van der Waals surface area contributed by atoms with Gasteiger partial charge in [-0.3, -0.25) is 5.10 Å². The fourth-order valence-corrected chi connectivity index (χ4v) is 1.77. The van der Waals surface area contributed by atoms with Gasteiger partial charge in [-0.05, 0) is 31.2 Å². The van der Waals surface area contributed by atoms with E-state index in [4.69, 9.17) is 0 Å². The van der Waals surface area contributed by atoms with Gasteiger partial charge in [-0.2, -0.15) is 5.10 Å². The highest BCUT2D eigenvalue weighted by Crippen LogP contribution is 2.23. The first-order valence-corrected chi connectivity index (χ1v) is 4.58. The molecule has 1 aromatic rings.